The topological polar surface area (TPSA) is 18.5 Å². The molecule has 0 saturated heterocycles. The molecule has 0 rings (SSSR count). The van der Waals surface area contributed by atoms with E-state index in [0.29, 0.717) is 11.5 Å². The fourth-order valence-corrected chi connectivity index (χ4v) is 11.5. The van der Waals surface area contributed by atoms with Crippen molar-refractivity contribution in [1.29, 1.82) is 0 Å². The van der Waals surface area contributed by atoms with E-state index >= 15 is 0 Å². The lowest BCUT2D eigenvalue weighted by molar-refractivity contribution is 0.111. The van der Waals surface area contributed by atoms with Crippen molar-refractivity contribution in [3.05, 3.63) is 0 Å². The molecule has 0 aliphatic carbocycles. The molecule has 2 unspecified atom stereocenters. The largest absolute Gasteiger partial charge is 0.382 e. The predicted octanol–water partition coefficient (Wildman–Crippen LogP) is 5.57. The standard InChI is InChI=1S/C18H42O2S2Si2/c1-7-19-17(23(9-3)10-4)13-15-21-22-16-14-18(20-8-2)24(11-5)12-6/h17-18,23-24H,7-16H2,1-6H3. The zero-order valence-electron chi connectivity index (χ0n) is 17.0. The van der Waals surface area contributed by atoms with Gasteiger partial charge in [-0.1, -0.05) is 73.5 Å². The first-order chi connectivity index (χ1) is 11.7. The maximum atomic E-state index is 6.05. The van der Waals surface area contributed by atoms with Gasteiger partial charge in [0.05, 0.1) is 17.6 Å². The lowest BCUT2D eigenvalue weighted by atomic mass is 10.5. The van der Waals surface area contributed by atoms with Gasteiger partial charge >= 0.3 is 0 Å². The Morgan fingerprint density at radius 1 is 0.625 bits per heavy atom. The molecule has 146 valence electrons. The van der Waals surface area contributed by atoms with Crippen molar-refractivity contribution in [2.45, 2.75) is 90.0 Å². The Balaban J connectivity index is 4.00. The van der Waals surface area contributed by atoms with E-state index in [1.54, 1.807) is 0 Å². The molecule has 0 N–H and O–H groups in total. The first-order valence-corrected chi connectivity index (χ1v) is 17.2. The van der Waals surface area contributed by atoms with E-state index in [2.05, 4.69) is 63.1 Å². The highest BCUT2D eigenvalue weighted by Crippen LogP contribution is 2.26. The van der Waals surface area contributed by atoms with Gasteiger partial charge in [0.25, 0.3) is 0 Å². The summed E-state index contributed by atoms with van der Waals surface area (Å²) in [6.07, 6.45) is 2.50. The smallest absolute Gasteiger partial charge is 0.0712 e. The predicted molar refractivity (Wildman–Crippen MR) is 121 cm³/mol. The Hall–Kier alpha value is 1.05. The molecule has 2 nitrogen and oxygen atoms in total. The Labute approximate surface area is 163 Å². The van der Waals surface area contributed by atoms with Crippen LogP contribution in [0.3, 0.4) is 0 Å². The number of rotatable bonds is 17. The van der Waals surface area contributed by atoms with Crippen LogP contribution in [0.15, 0.2) is 0 Å². The second kappa shape index (κ2) is 17.5. The van der Waals surface area contributed by atoms with Crippen molar-refractivity contribution in [1.82, 2.24) is 0 Å². The Morgan fingerprint density at radius 3 is 1.21 bits per heavy atom. The van der Waals surface area contributed by atoms with E-state index < -0.39 is 17.6 Å². The van der Waals surface area contributed by atoms with Crippen LogP contribution in [0.25, 0.3) is 0 Å². The Bertz CT molecular complexity index is 239. The number of hydrogen-bond acceptors (Lipinski definition) is 4. The van der Waals surface area contributed by atoms with Crippen molar-refractivity contribution in [2.24, 2.45) is 0 Å². The summed E-state index contributed by atoms with van der Waals surface area (Å²) in [5.41, 5.74) is 1.18. The van der Waals surface area contributed by atoms with Crippen molar-refractivity contribution >= 4 is 39.2 Å². The van der Waals surface area contributed by atoms with Gasteiger partial charge in [0.15, 0.2) is 0 Å². The quantitative estimate of drug-likeness (QED) is 0.177. The molecule has 0 amide bonds. The second-order valence-corrected chi connectivity index (χ2v) is 16.9. The van der Waals surface area contributed by atoms with E-state index in [0.717, 1.165) is 13.2 Å². The van der Waals surface area contributed by atoms with Crippen LogP contribution in [0.2, 0.25) is 24.2 Å². The molecule has 0 aliphatic rings. The molecular weight excluding hydrogens is 369 g/mol. The maximum absolute atomic E-state index is 6.05. The molecule has 0 aromatic heterocycles. The third kappa shape index (κ3) is 10.9. The average Bonchev–Trinajstić information content (AvgIpc) is 2.59. The maximum Gasteiger partial charge on any atom is 0.0712 e. The van der Waals surface area contributed by atoms with Crippen LogP contribution in [0.1, 0.15) is 54.4 Å². The van der Waals surface area contributed by atoms with Gasteiger partial charge < -0.3 is 9.47 Å². The summed E-state index contributed by atoms with van der Waals surface area (Å²) < 4.78 is 12.1. The van der Waals surface area contributed by atoms with E-state index in [4.69, 9.17) is 9.47 Å². The normalized spacial score (nSPS) is 14.5. The van der Waals surface area contributed by atoms with Crippen LogP contribution < -0.4 is 0 Å². The van der Waals surface area contributed by atoms with Crippen LogP contribution >= 0.6 is 21.6 Å². The summed E-state index contributed by atoms with van der Waals surface area (Å²) >= 11 is 0. The molecule has 0 radical (unpaired) electrons. The molecule has 0 bridgehead atoms. The molecule has 0 saturated carbocycles. The van der Waals surface area contributed by atoms with Crippen LogP contribution in [-0.4, -0.2) is 53.8 Å². The molecule has 6 heteroatoms. The fraction of sp³-hybridized carbons (Fsp3) is 1.00. The fourth-order valence-electron chi connectivity index (χ4n) is 3.41. The van der Waals surface area contributed by atoms with Crippen molar-refractivity contribution < 1.29 is 9.47 Å². The minimum atomic E-state index is -0.691. The van der Waals surface area contributed by atoms with E-state index in [-0.39, 0.29) is 0 Å². The Morgan fingerprint density at radius 2 is 0.958 bits per heavy atom. The third-order valence-electron chi connectivity index (χ3n) is 4.97. The van der Waals surface area contributed by atoms with Crippen molar-refractivity contribution in [2.75, 3.05) is 24.7 Å². The van der Waals surface area contributed by atoms with E-state index in [9.17, 15) is 0 Å². The van der Waals surface area contributed by atoms with E-state index in [1.807, 2.05) is 0 Å². The molecular formula is C18H42O2S2Si2. The van der Waals surface area contributed by atoms with Crippen LogP contribution in [-0.2, 0) is 9.47 Å². The molecule has 2 atom stereocenters. The lowest BCUT2D eigenvalue weighted by Gasteiger charge is -2.24. The molecule has 0 aromatic carbocycles. The molecule has 0 aromatic rings. The number of ether oxygens (including phenoxy) is 2. The van der Waals surface area contributed by atoms with Crippen molar-refractivity contribution in [3.8, 4) is 0 Å². The molecule has 0 spiro atoms. The van der Waals surface area contributed by atoms with Crippen LogP contribution in [0.5, 0.6) is 0 Å². The third-order valence-corrected chi connectivity index (χ3v) is 14.8. The zero-order valence-corrected chi connectivity index (χ0v) is 21.0. The summed E-state index contributed by atoms with van der Waals surface area (Å²) in [4.78, 5) is 0. The summed E-state index contributed by atoms with van der Waals surface area (Å²) in [6.45, 7) is 15.4. The highest BCUT2D eigenvalue weighted by Gasteiger charge is 2.21. The number of hydrogen-bond donors (Lipinski definition) is 0. The van der Waals surface area contributed by atoms with Gasteiger partial charge in [0.1, 0.15) is 0 Å². The second-order valence-electron chi connectivity index (χ2n) is 6.36. The lowest BCUT2D eigenvalue weighted by Crippen LogP contribution is -2.33. The van der Waals surface area contributed by atoms with Crippen LogP contribution in [0.4, 0.5) is 0 Å². The molecule has 0 aliphatic heterocycles. The van der Waals surface area contributed by atoms with Gasteiger partial charge in [-0.05, 0) is 26.7 Å². The van der Waals surface area contributed by atoms with Gasteiger partial charge in [-0.3, -0.25) is 0 Å². The van der Waals surface area contributed by atoms with Gasteiger partial charge in [0.2, 0.25) is 0 Å². The highest BCUT2D eigenvalue weighted by molar-refractivity contribution is 8.76. The van der Waals surface area contributed by atoms with Crippen LogP contribution in [0, 0.1) is 0 Å². The van der Waals surface area contributed by atoms with Gasteiger partial charge in [-0.25, -0.2) is 0 Å². The minimum Gasteiger partial charge on any atom is -0.382 e. The Kier molecular flexibility index (Phi) is 18.2. The summed E-state index contributed by atoms with van der Waals surface area (Å²) in [7, 11) is 2.72. The minimum absolute atomic E-state index is 0.589. The van der Waals surface area contributed by atoms with Gasteiger partial charge in [-0.2, -0.15) is 0 Å². The highest BCUT2D eigenvalue weighted by atomic mass is 33.1. The van der Waals surface area contributed by atoms with Gasteiger partial charge in [-0.15, -0.1) is 0 Å². The zero-order chi connectivity index (χ0) is 18.2. The monoisotopic (exact) mass is 410 g/mol. The molecule has 0 fully saturated rings. The van der Waals surface area contributed by atoms with Crippen molar-refractivity contribution in [3.63, 3.8) is 0 Å². The SMILES string of the molecule is CCOC(CCSSCCC(OCC)[SiH](CC)CC)[SiH](CC)CC. The first kappa shape index (κ1) is 25.1. The first-order valence-electron chi connectivity index (χ1n) is 10.2. The summed E-state index contributed by atoms with van der Waals surface area (Å²) in [6, 6.07) is 5.48. The summed E-state index contributed by atoms with van der Waals surface area (Å²) in [5.74, 6) is 2.47. The molecule has 24 heavy (non-hydrogen) atoms. The molecule has 0 heterocycles. The average molecular weight is 411 g/mol. The van der Waals surface area contributed by atoms with Gasteiger partial charge in [0, 0.05) is 36.2 Å². The summed E-state index contributed by atoms with van der Waals surface area (Å²) in [5, 5.41) is 0. The van der Waals surface area contributed by atoms with E-state index in [1.165, 1.54) is 48.5 Å².